The summed E-state index contributed by atoms with van der Waals surface area (Å²) >= 11 is 0.583. The molecule has 0 saturated carbocycles. The molecule has 2 heterocycles. The smallest absolute Gasteiger partial charge is 0.318 e. The number of ether oxygens (including phenoxy) is 1. The summed E-state index contributed by atoms with van der Waals surface area (Å²) in [4.78, 5) is 43.7. The number of carbonyl (C=O) groups is 3. The van der Waals surface area contributed by atoms with Gasteiger partial charge in [-0.15, -0.1) is 0 Å². The molecule has 2 aromatic rings. The maximum atomic E-state index is 12.5. The Bertz CT molecular complexity index is 960. The normalized spacial score (nSPS) is 17.9. The lowest BCUT2D eigenvalue weighted by Crippen LogP contribution is -2.41. The van der Waals surface area contributed by atoms with Crippen molar-refractivity contribution in [1.82, 2.24) is 9.96 Å². The zero-order chi connectivity index (χ0) is 19.5. The summed E-state index contributed by atoms with van der Waals surface area (Å²) in [6, 6.07) is 16.2. The van der Waals surface area contributed by atoms with E-state index in [1.807, 2.05) is 30.3 Å². The third-order valence-electron chi connectivity index (χ3n) is 4.24. The molecule has 2 aromatic carbocycles. The summed E-state index contributed by atoms with van der Waals surface area (Å²) in [7, 11) is 0. The van der Waals surface area contributed by atoms with Gasteiger partial charge in [-0.2, -0.15) is 5.06 Å². The number of hydrogen-bond acceptors (Lipinski definition) is 6. The first-order valence-corrected chi connectivity index (χ1v) is 9.42. The monoisotopic (exact) mass is 396 g/mol. The molecule has 7 nitrogen and oxygen atoms in total. The van der Waals surface area contributed by atoms with Crippen LogP contribution in [0.2, 0.25) is 0 Å². The molecule has 2 aliphatic heterocycles. The average Bonchev–Trinajstić information content (AvgIpc) is 2.97. The first kappa shape index (κ1) is 18.3. The van der Waals surface area contributed by atoms with E-state index in [1.165, 1.54) is 4.90 Å². The Morgan fingerprint density at radius 2 is 1.79 bits per heavy atom. The molecule has 2 amide bonds. The van der Waals surface area contributed by atoms with E-state index in [1.54, 1.807) is 30.3 Å². The van der Waals surface area contributed by atoms with E-state index in [9.17, 15) is 14.4 Å². The van der Waals surface area contributed by atoms with Gasteiger partial charge < -0.3 is 9.64 Å². The Balaban J connectivity index is 1.41. The lowest BCUT2D eigenvalue weighted by Gasteiger charge is -2.29. The summed E-state index contributed by atoms with van der Waals surface area (Å²) in [5, 5.41) is 0.113. The quantitative estimate of drug-likeness (QED) is 0.723. The standard InChI is InChI=1S/C20H16N2O5S/c23-18-15-8-4-5-9-17(15)26-13-21(18)10-11-27-22-16(19(24)28-20(22)25)12-14-6-2-1-3-7-14/h1-9,12H,10-11,13H2. The Hall–Kier alpha value is -3.10. The number of hydrogen-bond donors (Lipinski definition) is 0. The van der Waals surface area contributed by atoms with Crippen LogP contribution < -0.4 is 4.74 Å². The second-order valence-electron chi connectivity index (χ2n) is 6.06. The van der Waals surface area contributed by atoms with Gasteiger partial charge in [0.05, 0.1) is 18.7 Å². The molecule has 142 valence electrons. The molecule has 0 N–H and O–H groups in total. The molecule has 0 atom stereocenters. The van der Waals surface area contributed by atoms with Crippen LogP contribution in [0.1, 0.15) is 15.9 Å². The van der Waals surface area contributed by atoms with Crippen molar-refractivity contribution in [1.29, 1.82) is 0 Å². The molecule has 1 saturated heterocycles. The van der Waals surface area contributed by atoms with Crippen LogP contribution >= 0.6 is 11.8 Å². The van der Waals surface area contributed by atoms with E-state index >= 15 is 0 Å². The lowest BCUT2D eigenvalue weighted by atomic mass is 10.1. The van der Waals surface area contributed by atoms with Gasteiger partial charge in [0, 0.05) is 11.8 Å². The van der Waals surface area contributed by atoms with Gasteiger partial charge >= 0.3 is 5.24 Å². The SMILES string of the molecule is O=C1SC(=O)N(OCCN2COc3ccccc3C2=O)C1=Cc1ccccc1. The highest BCUT2D eigenvalue weighted by Gasteiger charge is 2.36. The highest BCUT2D eigenvalue weighted by molar-refractivity contribution is 8.27. The maximum Gasteiger partial charge on any atom is 0.318 e. The topological polar surface area (TPSA) is 76.2 Å². The van der Waals surface area contributed by atoms with Gasteiger partial charge in [-0.3, -0.25) is 19.2 Å². The molecule has 8 heteroatoms. The molecule has 2 aliphatic rings. The number of fused-ring (bicyclic) bond motifs is 1. The van der Waals surface area contributed by atoms with Gasteiger partial charge in [0.1, 0.15) is 11.4 Å². The number of benzene rings is 2. The van der Waals surface area contributed by atoms with Gasteiger partial charge in [-0.1, -0.05) is 42.5 Å². The van der Waals surface area contributed by atoms with Crippen LogP contribution in [-0.4, -0.2) is 46.1 Å². The van der Waals surface area contributed by atoms with Crippen molar-refractivity contribution in [2.75, 3.05) is 19.9 Å². The molecule has 0 radical (unpaired) electrons. The van der Waals surface area contributed by atoms with Crippen molar-refractivity contribution in [3.8, 4) is 5.75 Å². The Morgan fingerprint density at radius 3 is 2.61 bits per heavy atom. The van der Waals surface area contributed by atoms with Crippen molar-refractivity contribution in [2.45, 2.75) is 0 Å². The molecule has 0 aliphatic carbocycles. The first-order valence-electron chi connectivity index (χ1n) is 8.60. The second kappa shape index (κ2) is 7.87. The largest absolute Gasteiger partial charge is 0.472 e. The number of para-hydroxylation sites is 1. The van der Waals surface area contributed by atoms with Gasteiger partial charge in [0.25, 0.3) is 5.91 Å². The van der Waals surface area contributed by atoms with Crippen molar-refractivity contribution >= 4 is 34.1 Å². The molecule has 4 rings (SSSR count). The third-order valence-corrected chi connectivity index (χ3v) is 4.97. The van der Waals surface area contributed by atoms with Crippen LogP contribution in [-0.2, 0) is 9.63 Å². The minimum absolute atomic E-state index is 0.0446. The van der Waals surface area contributed by atoms with Crippen LogP contribution in [0.25, 0.3) is 6.08 Å². The predicted molar refractivity (Wildman–Crippen MR) is 103 cm³/mol. The fourth-order valence-corrected chi connectivity index (χ4v) is 3.49. The van der Waals surface area contributed by atoms with Crippen LogP contribution in [0, 0.1) is 0 Å². The number of carbonyl (C=O) groups excluding carboxylic acids is 3. The Kier molecular flexibility index (Phi) is 5.14. The number of nitrogens with zero attached hydrogens (tertiary/aromatic N) is 2. The first-order chi connectivity index (χ1) is 13.6. The predicted octanol–water partition coefficient (Wildman–Crippen LogP) is 3.15. The number of amides is 2. The highest BCUT2D eigenvalue weighted by Crippen LogP contribution is 2.30. The van der Waals surface area contributed by atoms with Gasteiger partial charge in [0.2, 0.25) is 5.12 Å². The van der Waals surface area contributed by atoms with E-state index in [-0.39, 0.29) is 36.6 Å². The summed E-state index contributed by atoms with van der Waals surface area (Å²) < 4.78 is 5.57. The van der Waals surface area contributed by atoms with Gasteiger partial charge in [-0.05, 0) is 23.8 Å². The fraction of sp³-hybridized carbons (Fsp3) is 0.150. The molecule has 1 fully saturated rings. The average molecular weight is 396 g/mol. The number of hydroxylamine groups is 2. The zero-order valence-corrected chi connectivity index (χ0v) is 15.6. The molecule has 0 aromatic heterocycles. The van der Waals surface area contributed by atoms with E-state index in [0.717, 1.165) is 10.6 Å². The number of rotatable bonds is 5. The lowest BCUT2D eigenvalue weighted by molar-refractivity contribution is -0.118. The Labute approximate surface area is 165 Å². The van der Waals surface area contributed by atoms with Crippen molar-refractivity contribution in [3.63, 3.8) is 0 Å². The van der Waals surface area contributed by atoms with Crippen LogP contribution in [0.3, 0.4) is 0 Å². The van der Waals surface area contributed by atoms with Crippen LogP contribution in [0.15, 0.2) is 60.3 Å². The summed E-state index contributed by atoms with van der Waals surface area (Å²) in [5.41, 5.74) is 1.43. The van der Waals surface area contributed by atoms with E-state index in [2.05, 4.69) is 0 Å². The van der Waals surface area contributed by atoms with Crippen molar-refractivity contribution in [2.24, 2.45) is 0 Å². The van der Waals surface area contributed by atoms with Crippen molar-refractivity contribution < 1.29 is 24.0 Å². The second-order valence-corrected chi connectivity index (χ2v) is 6.99. The van der Waals surface area contributed by atoms with Gasteiger partial charge in [0.15, 0.2) is 6.73 Å². The van der Waals surface area contributed by atoms with Crippen LogP contribution in [0.4, 0.5) is 4.79 Å². The maximum absolute atomic E-state index is 12.5. The van der Waals surface area contributed by atoms with Crippen LogP contribution in [0.5, 0.6) is 5.75 Å². The summed E-state index contributed by atoms with van der Waals surface area (Å²) in [6.07, 6.45) is 1.60. The van der Waals surface area contributed by atoms with E-state index < -0.39 is 5.24 Å². The Morgan fingerprint density at radius 1 is 1.04 bits per heavy atom. The fourth-order valence-electron chi connectivity index (χ4n) is 2.86. The van der Waals surface area contributed by atoms with E-state index in [0.29, 0.717) is 23.1 Å². The molecular weight excluding hydrogens is 380 g/mol. The molecule has 0 spiro atoms. The van der Waals surface area contributed by atoms with E-state index in [4.69, 9.17) is 9.57 Å². The third kappa shape index (κ3) is 3.64. The minimum atomic E-state index is -0.501. The zero-order valence-electron chi connectivity index (χ0n) is 14.7. The minimum Gasteiger partial charge on any atom is -0.472 e. The summed E-state index contributed by atoms with van der Waals surface area (Å²) in [6.45, 7) is 0.366. The van der Waals surface area contributed by atoms with Gasteiger partial charge in [-0.25, -0.2) is 0 Å². The summed E-state index contributed by atoms with van der Waals surface area (Å²) in [5.74, 6) is 0.387. The molecule has 0 unspecified atom stereocenters. The molecular formula is C20H16N2O5S. The molecule has 0 bridgehead atoms. The molecule has 28 heavy (non-hydrogen) atoms. The van der Waals surface area contributed by atoms with Crippen molar-refractivity contribution in [3.05, 3.63) is 71.4 Å². The number of thioether (sulfide) groups is 1. The highest BCUT2D eigenvalue weighted by atomic mass is 32.2.